The Labute approximate surface area is 86.1 Å². The highest BCUT2D eigenvalue weighted by Gasteiger charge is 2.43. The van der Waals surface area contributed by atoms with E-state index in [1.165, 1.54) is 6.07 Å². The van der Waals surface area contributed by atoms with Crippen LogP contribution in [0.15, 0.2) is 18.2 Å². The molecule has 0 aromatic heterocycles. The molecule has 0 saturated heterocycles. The van der Waals surface area contributed by atoms with Crippen LogP contribution in [0.4, 0.5) is 13.2 Å². The van der Waals surface area contributed by atoms with Crippen molar-refractivity contribution in [3.05, 3.63) is 35.4 Å². The minimum Gasteiger partial charge on any atom is -0.327 e. The van der Waals surface area contributed by atoms with E-state index in [-0.39, 0.29) is 30.9 Å². The van der Waals surface area contributed by atoms with Gasteiger partial charge in [0.05, 0.1) is 0 Å². The number of rotatable bonds is 2. The van der Waals surface area contributed by atoms with Crippen LogP contribution in [0.2, 0.25) is 0 Å². The van der Waals surface area contributed by atoms with Gasteiger partial charge in [-0.2, -0.15) is 0 Å². The van der Waals surface area contributed by atoms with Gasteiger partial charge >= 0.3 is 0 Å². The van der Waals surface area contributed by atoms with Crippen LogP contribution < -0.4 is 5.73 Å². The van der Waals surface area contributed by atoms with Crippen molar-refractivity contribution in [3.8, 4) is 0 Å². The van der Waals surface area contributed by atoms with Crippen molar-refractivity contribution >= 4 is 0 Å². The zero-order valence-corrected chi connectivity index (χ0v) is 8.14. The summed E-state index contributed by atoms with van der Waals surface area (Å²) in [6.45, 7) is 0. The summed E-state index contributed by atoms with van der Waals surface area (Å²) in [5, 5.41) is 0. The third-order valence-electron chi connectivity index (χ3n) is 2.81. The molecule has 0 unspecified atom stereocenters. The average Bonchev–Trinajstić information content (AvgIpc) is 2.09. The van der Waals surface area contributed by atoms with Crippen LogP contribution in [0.5, 0.6) is 0 Å². The van der Waals surface area contributed by atoms with E-state index >= 15 is 0 Å². The van der Waals surface area contributed by atoms with Gasteiger partial charge in [0, 0.05) is 18.0 Å². The Morgan fingerprint density at radius 1 is 1.27 bits per heavy atom. The van der Waals surface area contributed by atoms with E-state index in [9.17, 15) is 13.2 Å². The van der Waals surface area contributed by atoms with Gasteiger partial charge in [0.15, 0.2) is 0 Å². The molecule has 0 heterocycles. The summed E-state index contributed by atoms with van der Waals surface area (Å²) in [6.07, 6.45) is 0.140. The predicted molar refractivity (Wildman–Crippen MR) is 51.1 cm³/mol. The Bertz CT molecular complexity index is 352. The van der Waals surface area contributed by atoms with E-state index < -0.39 is 17.3 Å². The number of benzene rings is 1. The summed E-state index contributed by atoms with van der Waals surface area (Å²) in [5.74, 6) is -1.38. The Morgan fingerprint density at radius 2 is 1.80 bits per heavy atom. The van der Waals surface area contributed by atoms with Gasteiger partial charge in [-0.1, -0.05) is 6.07 Å². The summed E-state index contributed by atoms with van der Waals surface area (Å²) in [5.41, 5.74) is 3.76. The SMILES string of the molecule is NC1CC(F)(Cc2c(F)cccc2F)C1. The highest BCUT2D eigenvalue weighted by Crippen LogP contribution is 2.38. The zero-order valence-electron chi connectivity index (χ0n) is 8.14. The maximum absolute atomic E-state index is 13.8. The Morgan fingerprint density at radius 3 is 2.27 bits per heavy atom. The molecule has 1 aliphatic carbocycles. The van der Waals surface area contributed by atoms with E-state index in [0.717, 1.165) is 12.1 Å². The van der Waals surface area contributed by atoms with Crippen molar-refractivity contribution in [3.63, 3.8) is 0 Å². The standard InChI is InChI=1S/C11H12F3N/c12-9-2-1-3-10(13)8(9)6-11(14)4-7(15)5-11/h1-3,7H,4-6,15H2. The highest BCUT2D eigenvalue weighted by molar-refractivity contribution is 5.23. The van der Waals surface area contributed by atoms with Gasteiger partial charge in [0.1, 0.15) is 17.3 Å². The molecule has 1 aromatic rings. The van der Waals surface area contributed by atoms with Gasteiger partial charge in [-0.15, -0.1) is 0 Å². The normalized spacial score (nSPS) is 30.0. The second kappa shape index (κ2) is 3.52. The maximum Gasteiger partial charge on any atom is 0.129 e. The van der Waals surface area contributed by atoms with Crippen LogP contribution in [-0.4, -0.2) is 11.7 Å². The van der Waals surface area contributed by atoms with Crippen molar-refractivity contribution in [2.24, 2.45) is 5.73 Å². The number of alkyl halides is 1. The molecule has 1 saturated carbocycles. The van der Waals surface area contributed by atoms with Crippen molar-refractivity contribution < 1.29 is 13.2 Å². The maximum atomic E-state index is 13.8. The fourth-order valence-electron chi connectivity index (χ4n) is 2.04. The van der Waals surface area contributed by atoms with Gasteiger partial charge in [0.2, 0.25) is 0 Å². The summed E-state index contributed by atoms with van der Waals surface area (Å²) >= 11 is 0. The largest absolute Gasteiger partial charge is 0.327 e. The molecule has 2 N–H and O–H groups in total. The van der Waals surface area contributed by atoms with E-state index in [4.69, 9.17) is 5.73 Å². The average molecular weight is 215 g/mol. The minimum atomic E-state index is -1.53. The highest BCUT2D eigenvalue weighted by atomic mass is 19.1. The first-order valence-electron chi connectivity index (χ1n) is 4.88. The Balaban J connectivity index is 2.18. The number of hydrogen-bond acceptors (Lipinski definition) is 1. The smallest absolute Gasteiger partial charge is 0.129 e. The van der Waals surface area contributed by atoms with Crippen LogP contribution >= 0.6 is 0 Å². The summed E-state index contributed by atoms with van der Waals surface area (Å²) in [4.78, 5) is 0. The number of nitrogens with two attached hydrogens (primary N) is 1. The molecule has 1 fully saturated rings. The van der Waals surface area contributed by atoms with Crippen molar-refractivity contribution in [1.29, 1.82) is 0 Å². The minimum absolute atomic E-state index is 0.174. The lowest BCUT2D eigenvalue weighted by Gasteiger charge is -2.39. The first-order valence-corrected chi connectivity index (χ1v) is 4.88. The Kier molecular flexibility index (Phi) is 2.46. The molecule has 0 bridgehead atoms. The van der Waals surface area contributed by atoms with Crippen molar-refractivity contribution in [2.45, 2.75) is 31.0 Å². The van der Waals surface area contributed by atoms with E-state index in [2.05, 4.69) is 0 Å². The summed E-state index contributed by atoms with van der Waals surface area (Å²) in [7, 11) is 0. The second-order valence-electron chi connectivity index (χ2n) is 4.20. The summed E-state index contributed by atoms with van der Waals surface area (Å²) < 4.78 is 40.2. The summed E-state index contributed by atoms with van der Waals surface area (Å²) in [6, 6.07) is 3.37. The third kappa shape index (κ3) is 2.00. The quantitative estimate of drug-likeness (QED) is 0.805. The molecule has 0 amide bonds. The molecule has 0 radical (unpaired) electrons. The lowest BCUT2D eigenvalue weighted by molar-refractivity contribution is 0.0426. The van der Waals surface area contributed by atoms with Gasteiger partial charge in [-0.05, 0) is 25.0 Å². The van der Waals surface area contributed by atoms with Crippen LogP contribution in [0.1, 0.15) is 18.4 Å². The molecule has 82 valence electrons. The van der Waals surface area contributed by atoms with E-state index in [0.29, 0.717) is 0 Å². The molecular weight excluding hydrogens is 203 g/mol. The molecule has 1 nitrogen and oxygen atoms in total. The van der Waals surface area contributed by atoms with Crippen LogP contribution in [0.25, 0.3) is 0 Å². The first kappa shape index (κ1) is 10.5. The van der Waals surface area contributed by atoms with Crippen LogP contribution in [0.3, 0.4) is 0 Å². The number of hydrogen-bond donors (Lipinski definition) is 1. The van der Waals surface area contributed by atoms with E-state index in [1.807, 2.05) is 0 Å². The first-order chi connectivity index (χ1) is 7.00. The van der Waals surface area contributed by atoms with Crippen molar-refractivity contribution in [2.75, 3.05) is 0 Å². The lowest BCUT2D eigenvalue weighted by atomic mass is 9.74. The molecular formula is C11H12F3N. The molecule has 1 aromatic carbocycles. The van der Waals surface area contributed by atoms with Gasteiger partial charge < -0.3 is 5.73 Å². The topological polar surface area (TPSA) is 26.0 Å². The van der Waals surface area contributed by atoms with Gasteiger partial charge in [-0.25, -0.2) is 13.2 Å². The number of halogens is 3. The molecule has 2 rings (SSSR count). The third-order valence-corrected chi connectivity index (χ3v) is 2.81. The molecule has 4 heteroatoms. The monoisotopic (exact) mass is 215 g/mol. The fourth-order valence-corrected chi connectivity index (χ4v) is 2.04. The second-order valence-corrected chi connectivity index (χ2v) is 4.20. The van der Waals surface area contributed by atoms with Gasteiger partial charge in [0.25, 0.3) is 0 Å². The predicted octanol–water partition coefficient (Wildman–Crippen LogP) is 2.34. The van der Waals surface area contributed by atoms with Crippen LogP contribution in [0, 0.1) is 11.6 Å². The molecule has 0 aliphatic heterocycles. The fraction of sp³-hybridized carbons (Fsp3) is 0.455. The van der Waals surface area contributed by atoms with Crippen LogP contribution in [-0.2, 0) is 6.42 Å². The van der Waals surface area contributed by atoms with E-state index in [1.54, 1.807) is 0 Å². The lowest BCUT2D eigenvalue weighted by Crippen LogP contribution is -2.49. The molecule has 0 atom stereocenters. The van der Waals surface area contributed by atoms with Gasteiger partial charge in [-0.3, -0.25) is 0 Å². The molecule has 0 spiro atoms. The molecule has 1 aliphatic rings. The zero-order chi connectivity index (χ0) is 11.1. The molecule has 15 heavy (non-hydrogen) atoms. The van der Waals surface area contributed by atoms with Crippen molar-refractivity contribution in [1.82, 2.24) is 0 Å². The Hall–Kier alpha value is -1.03.